The molecule has 0 spiro atoms. The van der Waals surface area contributed by atoms with Gasteiger partial charge in [0.15, 0.2) is 0 Å². The Kier molecular flexibility index (Phi) is 51.8. The fourth-order valence-corrected chi connectivity index (χ4v) is 10.7. The van der Waals surface area contributed by atoms with Crippen molar-refractivity contribution in [2.75, 3.05) is 0 Å². The molecule has 92 heavy (non-hydrogen) atoms. The summed E-state index contributed by atoms with van der Waals surface area (Å²) in [5.74, 6) is 0. The summed E-state index contributed by atoms with van der Waals surface area (Å²) in [6.07, 6.45) is 14.7. The van der Waals surface area contributed by atoms with Gasteiger partial charge in [0, 0.05) is 58.4 Å². The van der Waals surface area contributed by atoms with Gasteiger partial charge in [0.05, 0.1) is 0 Å². The summed E-state index contributed by atoms with van der Waals surface area (Å²) < 4.78 is 0. The van der Waals surface area contributed by atoms with E-state index in [4.69, 9.17) is 0 Å². The van der Waals surface area contributed by atoms with E-state index in [-0.39, 0.29) is 80.7 Å². The van der Waals surface area contributed by atoms with Crippen molar-refractivity contribution in [1.29, 1.82) is 0 Å². The van der Waals surface area contributed by atoms with Crippen LogP contribution in [0.1, 0.15) is 176 Å². The molecule has 0 saturated heterocycles. The zero-order chi connectivity index (χ0) is 62.5. The summed E-state index contributed by atoms with van der Waals surface area (Å²) in [6.45, 7) is 32.6. The van der Waals surface area contributed by atoms with E-state index in [1.807, 2.05) is 13.8 Å². The van der Waals surface area contributed by atoms with Crippen LogP contribution in [0.3, 0.4) is 0 Å². The first kappa shape index (κ1) is 90.5. The Morgan fingerprint density at radius 2 is 0.391 bits per heavy atom. The summed E-state index contributed by atoms with van der Waals surface area (Å²) in [7, 11) is 0. The SMILES string of the molecule is CC.CCc1ccc(CC)c2ccccc12.CCc1ccc(CC)cc1.CCc1ccc2cc(CC)ccc2c1.CCc1ccc2ccccc2c1.CCc1cccc(CC)c1.CCc1cccc2c(CC)cccc12.CCc1ccccc1CC.[CH3-].[CH3-].[CH3-].[Rh].[Rh].[Rh]. The second-order valence-corrected chi connectivity index (χ2v) is 21.6. The van der Waals surface area contributed by atoms with Crippen LogP contribution in [0, 0.1) is 22.3 Å². The quantitative estimate of drug-likeness (QED) is 0.0797. The van der Waals surface area contributed by atoms with Crippen molar-refractivity contribution in [3.63, 3.8) is 0 Å². The Morgan fingerprint density at radius 1 is 0.174 bits per heavy atom. The van der Waals surface area contributed by atoms with Crippen LogP contribution in [0.25, 0.3) is 43.1 Å². The summed E-state index contributed by atoms with van der Waals surface area (Å²) in [5.41, 5.74) is 18.8. The molecule has 0 fully saturated rings. The molecule has 0 aliphatic carbocycles. The van der Waals surface area contributed by atoms with E-state index in [1.165, 1.54) is 115 Å². The molecule has 11 rings (SSSR count). The number of aryl methyl sites for hydroxylation is 13. The standard InChI is InChI=1S/3C14H16.C12H12.3C10H14.C2H6.3CH3.3Rh/c1-3-11-5-7-14-10-12(4-2)6-8-13(14)9-11;1-3-11-7-5-10-14-12(4-2)8-6-9-13(11)14;1-3-11-9-10-12(4-2)14-8-6-5-7-13(11)14;1-2-10-7-8-11-5-3-4-6-12(11)9-10;1-3-9-5-7-10(4-2)8-6-9;1-3-9-6-5-7-10(4-2)8-9;1-3-9-7-5-6-8-10(9)4-2;1-2;;;;;;/h3*5-10H,3-4H2,1-2H3;3-9H,2H2,1H3;3*5-8H,3-4H2,1-2H3;1-2H3;3*1H3;;;/q;;;;;;;;3*-1;;;. The Balaban J connectivity index is -0.000000994. The van der Waals surface area contributed by atoms with Gasteiger partial charge in [0.25, 0.3) is 0 Å². The van der Waals surface area contributed by atoms with Crippen molar-refractivity contribution in [3.05, 3.63) is 319 Å². The smallest absolute Gasteiger partial charge is 0 e. The number of hydrogen-bond donors (Lipinski definition) is 0. The molecule has 0 atom stereocenters. The minimum absolute atomic E-state index is 0. The zero-order valence-corrected chi connectivity index (χ0v) is 65.0. The van der Waals surface area contributed by atoms with E-state index < -0.39 is 0 Å². The van der Waals surface area contributed by atoms with Crippen molar-refractivity contribution in [3.8, 4) is 0 Å². The zero-order valence-electron chi connectivity index (χ0n) is 60.1. The Hall–Kier alpha value is -5.67. The van der Waals surface area contributed by atoms with Gasteiger partial charge >= 0.3 is 0 Å². The maximum Gasteiger partial charge on any atom is 0 e. The molecule has 0 bridgehead atoms. The molecule has 0 aliphatic heterocycles. The average Bonchev–Trinajstić information content (AvgIpc) is 1.49. The fourth-order valence-electron chi connectivity index (χ4n) is 10.7. The third-order valence-electron chi connectivity index (χ3n) is 16.3. The van der Waals surface area contributed by atoms with Crippen LogP contribution in [-0.2, 0) is 142 Å². The third-order valence-corrected chi connectivity index (χ3v) is 16.3. The van der Waals surface area contributed by atoms with Crippen LogP contribution in [0.15, 0.2) is 224 Å². The molecule has 0 unspecified atom stereocenters. The third kappa shape index (κ3) is 29.3. The molecular weight excluding hydrogens is 1380 g/mol. The van der Waals surface area contributed by atoms with Gasteiger partial charge in [-0.1, -0.05) is 328 Å². The van der Waals surface area contributed by atoms with Crippen LogP contribution in [0.5, 0.6) is 0 Å². The summed E-state index contributed by atoms with van der Waals surface area (Å²) in [4.78, 5) is 0. The number of benzene rings is 11. The molecule has 0 N–H and O–H groups in total. The van der Waals surface area contributed by atoms with Gasteiger partial charge in [-0.15, -0.1) is 0 Å². The average molecular weight is 1500 g/mol. The molecule has 0 aromatic heterocycles. The van der Waals surface area contributed by atoms with E-state index in [1.54, 1.807) is 0 Å². The number of hydrogen-bond acceptors (Lipinski definition) is 0. The molecule has 3 heteroatoms. The van der Waals surface area contributed by atoms with Gasteiger partial charge < -0.3 is 22.3 Å². The normalized spacial score (nSPS) is 9.51. The summed E-state index contributed by atoms with van der Waals surface area (Å²) in [6, 6.07) is 81.3. The van der Waals surface area contributed by atoms with E-state index in [0.29, 0.717) is 0 Å². The molecule has 11 aromatic rings. The predicted octanol–water partition coefficient (Wildman–Crippen LogP) is 26.1. The van der Waals surface area contributed by atoms with E-state index in [2.05, 4.69) is 314 Å². The fraction of sp³-hybridized carbons (Fsp3) is 0.315. The van der Waals surface area contributed by atoms with Gasteiger partial charge in [-0.3, -0.25) is 0 Å². The Morgan fingerprint density at radius 3 is 0.707 bits per heavy atom. The molecular formula is C89H117Rh3-3. The first-order valence-electron chi connectivity index (χ1n) is 33.3. The minimum atomic E-state index is 0. The van der Waals surface area contributed by atoms with Crippen molar-refractivity contribution < 1.29 is 58.4 Å². The van der Waals surface area contributed by atoms with Crippen molar-refractivity contribution in [1.82, 2.24) is 0 Å². The predicted molar refractivity (Wildman–Crippen MR) is 408 cm³/mol. The number of fused-ring (bicyclic) bond motifs is 4. The minimum Gasteiger partial charge on any atom is -0.358 e. The van der Waals surface area contributed by atoms with Crippen LogP contribution in [0.2, 0.25) is 0 Å². The molecule has 0 aliphatic rings. The summed E-state index contributed by atoms with van der Waals surface area (Å²) in [5, 5.41) is 11.1. The maximum absolute atomic E-state index is 2.29. The molecule has 0 heterocycles. The molecule has 503 valence electrons. The molecule has 3 radical (unpaired) electrons. The molecule has 0 nitrogen and oxygen atoms in total. The van der Waals surface area contributed by atoms with Crippen LogP contribution in [-0.4, -0.2) is 0 Å². The number of rotatable bonds is 13. The van der Waals surface area contributed by atoms with E-state index in [9.17, 15) is 0 Å². The van der Waals surface area contributed by atoms with Crippen molar-refractivity contribution in [2.24, 2.45) is 0 Å². The van der Waals surface area contributed by atoms with Gasteiger partial charge in [0.1, 0.15) is 0 Å². The maximum atomic E-state index is 2.29. The Labute approximate surface area is 603 Å². The van der Waals surface area contributed by atoms with Crippen molar-refractivity contribution in [2.45, 2.75) is 187 Å². The Bertz CT molecular complexity index is 3410. The topological polar surface area (TPSA) is 0 Å². The van der Waals surface area contributed by atoms with E-state index >= 15 is 0 Å². The van der Waals surface area contributed by atoms with Crippen molar-refractivity contribution >= 4 is 43.1 Å². The molecule has 0 amide bonds. The second-order valence-electron chi connectivity index (χ2n) is 21.6. The largest absolute Gasteiger partial charge is 0.358 e. The van der Waals surface area contributed by atoms with Gasteiger partial charge in [0.2, 0.25) is 0 Å². The van der Waals surface area contributed by atoms with E-state index in [0.717, 1.165) is 83.5 Å². The van der Waals surface area contributed by atoms with Crippen LogP contribution in [0.4, 0.5) is 0 Å². The monoisotopic (exact) mass is 1490 g/mol. The van der Waals surface area contributed by atoms with Crippen LogP contribution < -0.4 is 0 Å². The second kappa shape index (κ2) is 52.7. The first-order chi connectivity index (χ1) is 42.1. The molecule has 0 saturated carbocycles. The first-order valence-corrected chi connectivity index (χ1v) is 33.3. The summed E-state index contributed by atoms with van der Waals surface area (Å²) >= 11 is 0. The van der Waals surface area contributed by atoms with Gasteiger partial charge in [-0.2, -0.15) is 0 Å². The van der Waals surface area contributed by atoms with Gasteiger partial charge in [-0.05, 0) is 199 Å². The van der Waals surface area contributed by atoms with Gasteiger partial charge in [-0.25, -0.2) is 0 Å². The molecule has 11 aromatic carbocycles. The van der Waals surface area contributed by atoms with Crippen LogP contribution >= 0.6 is 0 Å².